The first-order valence-electron chi connectivity index (χ1n) is 38.9. The Balaban J connectivity index is 0.00000146. The molecule has 656 valence electrons. The smallest absolute Gasteiger partial charge is 0.348 e. The lowest BCUT2D eigenvalue weighted by molar-refractivity contribution is -0.121. The number of hydrogen-bond donors (Lipinski definition) is 4. The predicted octanol–water partition coefficient (Wildman–Crippen LogP) is 19.9. The van der Waals surface area contributed by atoms with E-state index in [4.69, 9.17) is 24.1 Å². The largest absolute Gasteiger partial charge is 0.465 e. The molecule has 0 saturated carbocycles. The average molecular weight is 1790 g/mol. The van der Waals surface area contributed by atoms with Gasteiger partial charge < -0.3 is 54.5 Å². The highest BCUT2D eigenvalue weighted by atomic mass is 79.9. The van der Waals surface area contributed by atoms with Crippen molar-refractivity contribution in [2.75, 3.05) is 57.6 Å². The minimum absolute atomic E-state index is 0. The number of esters is 3. The Morgan fingerprint density at radius 2 is 0.882 bits per heavy atom. The van der Waals surface area contributed by atoms with Crippen LogP contribution in [0.3, 0.4) is 0 Å². The lowest BCUT2D eigenvalue weighted by atomic mass is 10.0. The highest BCUT2D eigenvalue weighted by molar-refractivity contribution is 9.10. The van der Waals surface area contributed by atoms with E-state index in [-0.39, 0.29) is 114 Å². The first-order chi connectivity index (χ1) is 56.0. The third kappa shape index (κ3) is 41.3. The zero-order valence-electron chi connectivity index (χ0n) is 67.9. The number of methoxy groups -OCH3 is 3. The van der Waals surface area contributed by atoms with Crippen LogP contribution in [0.1, 0.15) is 269 Å². The Labute approximate surface area is 729 Å². The first kappa shape index (κ1) is 110. The molecule has 4 aromatic heterocycles. The van der Waals surface area contributed by atoms with E-state index in [1.165, 1.54) is 71.6 Å². The first-order valence-corrected chi connectivity index (χ1v) is 43.0. The Morgan fingerprint density at radius 1 is 0.521 bits per heavy atom. The number of thiophene rings is 4. The summed E-state index contributed by atoms with van der Waals surface area (Å²) in [5.74, 6) is -1.26. The monoisotopic (exact) mass is 1790 g/mol. The van der Waals surface area contributed by atoms with E-state index < -0.39 is 18.6 Å². The molecule has 4 atom stereocenters. The molecule has 0 spiro atoms. The Hall–Kier alpha value is -8.81. The molecule has 23 nitrogen and oxygen atoms in total. The Bertz CT molecular complexity index is 4100. The summed E-state index contributed by atoms with van der Waals surface area (Å²) in [6, 6.07) is 37.4. The van der Waals surface area contributed by atoms with E-state index in [1.54, 1.807) is 47.1 Å². The van der Waals surface area contributed by atoms with Gasteiger partial charge in [-0.15, -0.1) is 71.7 Å². The van der Waals surface area contributed by atoms with Crippen LogP contribution < -0.4 is 20.9 Å². The van der Waals surface area contributed by atoms with Gasteiger partial charge in [-0.25, -0.2) is 14.4 Å². The minimum atomic E-state index is -0.690. The molecule has 119 heavy (non-hydrogen) atoms. The van der Waals surface area contributed by atoms with E-state index in [2.05, 4.69) is 83.5 Å². The van der Waals surface area contributed by atoms with Crippen LogP contribution in [0.2, 0.25) is 0 Å². The summed E-state index contributed by atoms with van der Waals surface area (Å²) in [6.45, 7) is 19.8. The fourth-order valence-corrected chi connectivity index (χ4v) is 15.7. The summed E-state index contributed by atoms with van der Waals surface area (Å²) in [6.07, 6.45) is 20.9. The standard InChI is InChI=1S/C24H29NO5S.C24H31NO4S.C12H15BrO.C12H15NO4S.C10H12O3S.C2H5NO2.2C2H4.3CH4/c1-3-4-5-8-20(26)17-10-12-18(13-11-17)25-22(27)16-30-23(25)9-6-7-19-14-15-21(31-19)24(28)29-2;1-3-4-5-8-21(27)18-10-12-19(13-11-18)25-23(28)16-29-24(25)9-6-7-20-14-15-22(30-20)17(2)26;1-2-3-4-5-12(14)10-6-8-11(13)9-7-10;1-16-12(15)9-6-5-8(18-9)3-2-4-11-13-10(14)7-17-11;1-13-10(12)9-6-5-8(14-9)4-2-3-7-11;3-2(5)1-4;2*1-2;;;/h10-15,23H,3-9,16H2,1-2H3;10-15,21,24,27H,3-9,16H2,1-2H3;6-9H,2-5H2,1H3;5-6,11H,2-4,7H2,1H3,(H,13,14);5-7H,2-4H2,1H3;4H,1H2,(H2,3,5);2*1-2H2;3*1H4. The number of primary amides is 1. The van der Waals surface area contributed by atoms with Crippen molar-refractivity contribution in [2.45, 2.75) is 229 Å². The van der Waals surface area contributed by atoms with Gasteiger partial charge in [0.1, 0.15) is 66.0 Å². The predicted molar refractivity (Wildman–Crippen MR) is 484 cm³/mol. The molecule has 4 amide bonds. The highest BCUT2D eigenvalue weighted by Gasteiger charge is 2.34. The maximum absolute atomic E-state index is 12.4. The van der Waals surface area contributed by atoms with Gasteiger partial charge in [0.05, 0.1) is 32.3 Å². The maximum atomic E-state index is 12.4. The number of ketones is 3. The fraction of sp³-hybridized carbons (Fsp3) is 0.462. The number of ether oxygens (including phenoxy) is 6. The lowest BCUT2D eigenvalue weighted by Crippen LogP contribution is -2.33. The number of nitrogens with two attached hydrogens (primary N) is 1. The number of unbranched alkanes of at least 4 members (excludes halogenated alkanes) is 7. The molecular formula is C91H127BrN4O19S4. The molecular weight excluding hydrogens is 1660 g/mol. The number of aliphatic hydroxyl groups excluding tert-OH is 2. The molecule has 3 fully saturated rings. The number of aryl methyl sites for hydroxylation is 4. The van der Waals surface area contributed by atoms with Crippen molar-refractivity contribution in [3.05, 3.63) is 208 Å². The van der Waals surface area contributed by atoms with E-state index in [0.717, 1.165) is 181 Å². The molecule has 0 radical (unpaired) electrons. The van der Waals surface area contributed by atoms with Crippen molar-refractivity contribution < 1.29 is 91.4 Å². The molecule has 3 saturated heterocycles. The summed E-state index contributed by atoms with van der Waals surface area (Å²) in [4.78, 5) is 135. The minimum Gasteiger partial charge on any atom is -0.465 e. The molecule has 0 bridgehead atoms. The number of aliphatic hydroxyl groups is 2. The number of nitrogens with zero attached hydrogens (tertiary/aromatic N) is 2. The van der Waals surface area contributed by atoms with Crippen molar-refractivity contribution in [1.29, 1.82) is 0 Å². The number of aldehydes is 1. The number of anilines is 2. The van der Waals surface area contributed by atoms with E-state index in [0.29, 0.717) is 45.9 Å². The van der Waals surface area contributed by atoms with Crippen LogP contribution in [-0.4, -0.2) is 142 Å². The van der Waals surface area contributed by atoms with Gasteiger partial charge in [-0.2, -0.15) is 0 Å². The van der Waals surface area contributed by atoms with Crippen molar-refractivity contribution in [3.63, 3.8) is 0 Å². The summed E-state index contributed by atoms with van der Waals surface area (Å²) in [5.41, 5.74) is 8.36. The second kappa shape index (κ2) is 64.1. The summed E-state index contributed by atoms with van der Waals surface area (Å²) >= 11 is 9.19. The molecule has 3 aromatic carbocycles. The highest BCUT2D eigenvalue weighted by Crippen LogP contribution is 2.32. The topological polar surface area (TPSA) is 328 Å². The molecule has 5 N–H and O–H groups in total. The average Bonchev–Trinajstić information content (AvgIpc) is 1.71. The number of halogens is 1. The molecule has 10 rings (SSSR count). The fourth-order valence-electron chi connectivity index (χ4n) is 11.6. The van der Waals surface area contributed by atoms with Crippen LogP contribution in [0, 0.1) is 0 Å². The third-order valence-corrected chi connectivity index (χ3v) is 22.8. The molecule has 7 heterocycles. The summed E-state index contributed by atoms with van der Waals surface area (Å²) in [7, 11) is 4.12. The van der Waals surface area contributed by atoms with Gasteiger partial charge in [0.2, 0.25) is 11.8 Å². The van der Waals surface area contributed by atoms with E-state index in [9.17, 15) is 57.8 Å². The number of carbonyl (C=O) groups is 11. The van der Waals surface area contributed by atoms with Gasteiger partial charge in [-0.3, -0.25) is 43.4 Å². The van der Waals surface area contributed by atoms with Crippen LogP contribution in [0.5, 0.6) is 0 Å². The number of Topliss-reactive ketones (excluding diaryl/α,β-unsaturated/α-hetero) is 3. The number of carbonyl (C=O) groups excluding carboxylic acids is 11. The van der Waals surface area contributed by atoms with Crippen molar-refractivity contribution in [2.24, 2.45) is 5.73 Å². The van der Waals surface area contributed by atoms with Gasteiger partial charge in [0.25, 0.3) is 11.8 Å². The lowest BCUT2D eigenvalue weighted by Gasteiger charge is -2.23. The summed E-state index contributed by atoms with van der Waals surface area (Å²) in [5, 5.41) is 20.8. The van der Waals surface area contributed by atoms with Gasteiger partial charge in [-0.05, 0) is 199 Å². The Morgan fingerprint density at radius 3 is 1.24 bits per heavy atom. The normalized spacial score (nSPS) is 14.1. The second-order valence-electron chi connectivity index (χ2n) is 26.3. The molecule has 7 aromatic rings. The van der Waals surface area contributed by atoms with Gasteiger partial charge >= 0.3 is 17.9 Å². The molecule has 3 aliphatic rings. The number of hydrogen-bond acceptors (Lipinski definition) is 23. The number of amides is 4. The Kier molecular flexibility index (Phi) is 59.4. The van der Waals surface area contributed by atoms with Crippen LogP contribution >= 0.6 is 61.3 Å². The zero-order chi connectivity index (χ0) is 85.7. The van der Waals surface area contributed by atoms with Gasteiger partial charge in [0, 0.05) is 65.7 Å². The maximum Gasteiger partial charge on any atom is 0.348 e. The van der Waals surface area contributed by atoms with Crippen LogP contribution in [0.25, 0.3) is 0 Å². The number of benzene rings is 3. The number of rotatable bonds is 38. The van der Waals surface area contributed by atoms with E-state index in [1.807, 2.05) is 91.0 Å². The van der Waals surface area contributed by atoms with Crippen molar-refractivity contribution in [3.8, 4) is 0 Å². The van der Waals surface area contributed by atoms with Gasteiger partial charge in [0.15, 0.2) is 17.3 Å². The van der Waals surface area contributed by atoms with Gasteiger partial charge in [-0.1, -0.05) is 128 Å². The van der Waals surface area contributed by atoms with Crippen LogP contribution in [0.15, 0.2) is 152 Å². The molecule has 4 unspecified atom stereocenters. The molecule has 28 heteroatoms. The second-order valence-corrected chi connectivity index (χ2v) is 31.9. The molecule has 3 aliphatic heterocycles. The quantitative estimate of drug-likeness (QED) is 0.00697. The zero-order valence-corrected chi connectivity index (χ0v) is 72.7. The van der Waals surface area contributed by atoms with Crippen molar-refractivity contribution >= 4 is 138 Å². The SMILES string of the molecule is C.C.C.C=C.C=C.CCCCCC(=O)c1ccc(Br)cc1.CCCCCC(=O)c1ccc(N2C(=O)COC2CCCc2ccc(C(=O)OC)s2)cc1.CCCCCC(O)c1ccc(N2C(=O)COC2CCCc2ccc(C(C)=O)s2)cc1.COC(=O)c1ccc(CCCC2NC(=O)CO2)s1.COC(=O)c1ccc(CCCC=O)s1.NC(=O)CO. The van der Waals surface area contributed by atoms with Crippen molar-refractivity contribution in [1.82, 2.24) is 5.32 Å². The van der Waals surface area contributed by atoms with Crippen LogP contribution in [-0.2, 0) is 78.1 Å². The van der Waals surface area contributed by atoms with E-state index >= 15 is 0 Å². The molecule has 0 aliphatic carbocycles. The third-order valence-electron chi connectivity index (χ3n) is 17.6. The number of nitrogens with one attached hydrogen (secondary N) is 1. The van der Waals surface area contributed by atoms with Crippen LogP contribution in [0.4, 0.5) is 11.4 Å². The summed E-state index contributed by atoms with van der Waals surface area (Å²) < 4.78 is 31.7.